The van der Waals surface area contributed by atoms with E-state index in [1.54, 1.807) is 11.8 Å². The maximum Gasteiger partial charge on any atom is 0.326 e. The predicted octanol–water partition coefficient (Wildman–Crippen LogP) is 1.78. The van der Waals surface area contributed by atoms with Crippen LogP contribution in [-0.4, -0.2) is 41.6 Å². The molecule has 0 aromatic heterocycles. The summed E-state index contributed by atoms with van der Waals surface area (Å²) in [4.78, 5) is 21.0. The number of thioether (sulfide) groups is 1. The van der Waals surface area contributed by atoms with Gasteiger partial charge in [0.15, 0.2) is 0 Å². The van der Waals surface area contributed by atoms with Crippen molar-refractivity contribution in [2.75, 3.05) is 18.1 Å². The molecule has 0 fully saturated rings. The fourth-order valence-corrected chi connectivity index (χ4v) is 2.46. The Labute approximate surface area is 122 Å². The van der Waals surface area contributed by atoms with Crippen LogP contribution in [0.25, 0.3) is 0 Å². The second-order valence-electron chi connectivity index (χ2n) is 4.09. The largest absolute Gasteiger partial charge is 0.494 e. The summed E-state index contributed by atoms with van der Waals surface area (Å²) in [5, 5.41) is 11.1. The van der Waals surface area contributed by atoms with Crippen LogP contribution in [0.4, 0.5) is 0 Å². The standard InChI is InChI=1S/C14H19NO4S/c16-11-15-13(14(17)18)7-10-20-9-4-8-19-12-5-2-1-3-6-12/h1-3,5-6,11,13H,4,7-10H2,(H,15,16)(H,17,18). The fraction of sp³-hybridized carbons (Fsp3) is 0.429. The normalized spacial score (nSPS) is 11.6. The molecule has 0 bridgehead atoms. The van der Waals surface area contributed by atoms with E-state index in [0.29, 0.717) is 25.2 Å². The van der Waals surface area contributed by atoms with E-state index >= 15 is 0 Å². The Hall–Kier alpha value is -1.69. The number of carboxylic acid groups (broad SMARTS) is 1. The molecular formula is C14H19NO4S. The first-order valence-electron chi connectivity index (χ1n) is 6.42. The van der Waals surface area contributed by atoms with Gasteiger partial charge in [0, 0.05) is 0 Å². The maximum atomic E-state index is 10.8. The number of rotatable bonds is 11. The molecule has 0 aliphatic heterocycles. The van der Waals surface area contributed by atoms with Crippen LogP contribution in [0.5, 0.6) is 5.75 Å². The molecule has 1 aromatic rings. The SMILES string of the molecule is O=CNC(CCSCCCOc1ccccc1)C(=O)O. The van der Waals surface area contributed by atoms with Crippen molar-refractivity contribution in [3.63, 3.8) is 0 Å². The minimum Gasteiger partial charge on any atom is -0.494 e. The number of ether oxygens (including phenoxy) is 1. The summed E-state index contributed by atoms with van der Waals surface area (Å²) >= 11 is 1.66. The third kappa shape index (κ3) is 7.04. The molecule has 1 rings (SSSR count). The van der Waals surface area contributed by atoms with Gasteiger partial charge >= 0.3 is 5.97 Å². The van der Waals surface area contributed by atoms with E-state index in [-0.39, 0.29) is 0 Å². The van der Waals surface area contributed by atoms with Gasteiger partial charge in [0.25, 0.3) is 0 Å². The Kier molecular flexibility index (Phi) is 8.30. The number of benzene rings is 1. The van der Waals surface area contributed by atoms with Crippen molar-refractivity contribution in [2.24, 2.45) is 0 Å². The average molecular weight is 297 g/mol. The first kappa shape index (κ1) is 16.4. The quantitative estimate of drug-likeness (QED) is 0.481. The molecule has 0 saturated carbocycles. The van der Waals surface area contributed by atoms with Crippen molar-refractivity contribution in [3.8, 4) is 5.75 Å². The number of carboxylic acids is 1. The predicted molar refractivity (Wildman–Crippen MR) is 79.1 cm³/mol. The monoisotopic (exact) mass is 297 g/mol. The lowest BCUT2D eigenvalue weighted by molar-refractivity contribution is -0.140. The molecule has 1 amide bonds. The van der Waals surface area contributed by atoms with Gasteiger partial charge in [-0.25, -0.2) is 4.79 Å². The second-order valence-corrected chi connectivity index (χ2v) is 5.32. The summed E-state index contributed by atoms with van der Waals surface area (Å²) in [6, 6.07) is 8.83. The number of amides is 1. The molecule has 0 aliphatic rings. The van der Waals surface area contributed by atoms with Crippen LogP contribution in [0.2, 0.25) is 0 Å². The van der Waals surface area contributed by atoms with Gasteiger partial charge in [0.1, 0.15) is 11.8 Å². The molecule has 0 radical (unpaired) electrons. The Balaban J connectivity index is 2.02. The summed E-state index contributed by atoms with van der Waals surface area (Å²) in [7, 11) is 0. The number of aliphatic carboxylic acids is 1. The molecule has 6 heteroatoms. The van der Waals surface area contributed by atoms with Gasteiger partial charge in [0.05, 0.1) is 6.61 Å². The van der Waals surface area contributed by atoms with Crippen LogP contribution < -0.4 is 10.1 Å². The zero-order valence-corrected chi connectivity index (χ0v) is 12.0. The number of para-hydroxylation sites is 1. The van der Waals surface area contributed by atoms with Crippen LogP contribution in [0, 0.1) is 0 Å². The lowest BCUT2D eigenvalue weighted by Gasteiger charge is -2.10. The van der Waals surface area contributed by atoms with E-state index in [9.17, 15) is 9.59 Å². The molecule has 1 unspecified atom stereocenters. The van der Waals surface area contributed by atoms with Gasteiger partial charge < -0.3 is 15.2 Å². The Bertz CT molecular complexity index is 399. The second kappa shape index (κ2) is 10.1. The molecule has 110 valence electrons. The Morgan fingerprint density at radius 3 is 2.75 bits per heavy atom. The van der Waals surface area contributed by atoms with E-state index in [1.807, 2.05) is 30.3 Å². The highest BCUT2D eigenvalue weighted by atomic mass is 32.2. The van der Waals surface area contributed by atoms with Gasteiger partial charge in [-0.2, -0.15) is 11.8 Å². The van der Waals surface area contributed by atoms with E-state index in [0.717, 1.165) is 17.9 Å². The van der Waals surface area contributed by atoms with Crippen LogP contribution in [0.1, 0.15) is 12.8 Å². The van der Waals surface area contributed by atoms with Crippen LogP contribution in [0.15, 0.2) is 30.3 Å². The topological polar surface area (TPSA) is 75.6 Å². The molecule has 20 heavy (non-hydrogen) atoms. The van der Waals surface area contributed by atoms with Crippen LogP contribution in [-0.2, 0) is 9.59 Å². The number of hydrogen-bond donors (Lipinski definition) is 2. The third-order valence-corrected chi connectivity index (χ3v) is 3.66. The number of nitrogens with one attached hydrogen (secondary N) is 1. The molecule has 2 N–H and O–H groups in total. The molecule has 5 nitrogen and oxygen atoms in total. The number of hydrogen-bond acceptors (Lipinski definition) is 4. The first-order chi connectivity index (χ1) is 9.74. The number of carbonyl (C=O) groups excluding carboxylic acids is 1. The third-order valence-electron chi connectivity index (χ3n) is 2.56. The molecule has 0 spiro atoms. The fourth-order valence-electron chi connectivity index (χ4n) is 1.53. The minimum absolute atomic E-state index is 0.428. The van der Waals surface area contributed by atoms with Crippen molar-refractivity contribution in [1.29, 1.82) is 0 Å². The summed E-state index contributed by atoms with van der Waals surface area (Å²) in [6.07, 6.45) is 1.76. The molecular weight excluding hydrogens is 278 g/mol. The van der Waals surface area contributed by atoms with Gasteiger partial charge in [-0.05, 0) is 36.5 Å². The van der Waals surface area contributed by atoms with Crippen LogP contribution >= 0.6 is 11.8 Å². The number of carbonyl (C=O) groups is 2. The lowest BCUT2D eigenvalue weighted by atomic mass is 10.2. The summed E-state index contributed by atoms with van der Waals surface area (Å²) < 4.78 is 5.54. The summed E-state index contributed by atoms with van der Waals surface area (Å²) in [6.45, 7) is 0.645. The average Bonchev–Trinajstić information content (AvgIpc) is 2.46. The van der Waals surface area contributed by atoms with E-state index in [4.69, 9.17) is 9.84 Å². The Morgan fingerprint density at radius 2 is 2.10 bits per heavy atom. The minimum atomic E-state index is -0.995. The molecule has 1 atom stereocenters. The molecule has 1 aromatic carbocycles. The maximum absolute atomic E-state index is 10.8. The smallest absolute Gasteiger partial charge is 0.326 e. The van der Waals surface area contributed by atoms with Gasteiger partial charge in [0.2, 0.25) is 6.41 Å². The van der Waals surface area contributed by atoms with Crippen molar-refractivity contribution in [3.05, 3.63) is 30.3 Å². The highest BCUT2D eigenvalue weighted by molar-refractivity contribution is 7.99. The highest BCUT2D eigenvalue weighted by Gasteiger charge is 2.15. The molecule has 0 aliphatic carbocycles. The van der Waals surface area contributed by atoms with E-state index in [2.05, 4.69) is 5.32 Å². The first-order valence-corrected chi connectivity index (χ1v) is 7.57. The van der Waals surface area contributed by atoms with E-state index in [1.165, 1.54) is 0 Å². The van der Waals surface area contributed by atoms with Gasteiger partial charge in [-0.3, -0.25) is 4.79 Å². The Morgan fingerprint density at radius 1 is 1.35 bits per heavy atom. The highest BCUT2D eigenvalue weighted by Crippen LogP contribution is 2.10. The van der Waals surface area contributed by atoms with Crippen molar-refractivity contribution >= 4 is 24.1 Å². The zero-order valence-electron chi connectivity index (χ0n) is 11.2. The molecule has 0 saturated heterocycles. The summed E-state index contributed by atoms with van der Waals surface area (Å²) in [5.41, 5.74) is 0. The van der Waals surface area contributed by atoms with E-state index < -0.39 is 12.0 Å². The molecule has 0 heterocycles. The van der Waals surface area contributed by atoms with Crippen LogP contribution in [0.3, 0.4) is 0 Å². The van der Waals surface area contributed by atoms with Crippen molar-refractivity contribution in [1.82, 2.24) is 5.32 Å². The van der Waals surface area contributed by atoms with Crippen molar-refractivity contribution < 1.29 is 19.4 Å². The zero-order chi connectivity index (χ0) is 14.6. The van der Waals surface area contributed by atoms with Gasteiger partial charge in [-0.1, -0.05) is 18.2 Å². The summed E-state index contributed by atoms with van der Waals surface area (Å²) in [5.74, 6) is 1.47. The lowest BCUT2D eigenvalue weighted by Crippen LogP contribution is -2.36. The van der Waals surface area contributed by atoms with Crippen molar-refractivity contribution in [2.45, 2.75) is 18.9 Å². The van der Waals surface area contributed by atoms with Gasteiger partial charge in [-0.15, -0.1) is 0 Å².